The lowest BCUT2D eigenvalue weighted by Crippen LogP contribution is -2.40. The molecule has 150 valence electrons. The molecule has 1 amide bonds. The Hall–Kier alpha value is -2.63. The zero-order chi connectivity index (χ0) is 20.1. The molecule has 4 rings (SSSR count). The largest absolute Gasteiger partial charge is 0.497 e. The standard InChI is InChI=1S/C24H26N2O2S/c1-28-22-8-6-18(7-9-22)14-24(27)25-15-23(21-11-13-29-17-21)26-12-10-19-4-2-3-5-20(19)16-26/h2-9,11,13,17,23H,10,12,14-16H2,1H3,(H,25,27). The summed E-state index contributed by atoms with van der Waals surface area (Å²) in [5.74, 6) is 0.852. The number of fused-ring (bicyclic) bond motifs is 1. The Balaban J connectivity index is 1.41. The van der Waals surface area contributed by atoms with Crippen molar-refractivity contribution in [3.63, 3.8) is 0 Å². The van der Waals surface area contributed by atoms with Crippen molar-refractivity contribution in [2.24, 2.45) is 0 Å². The van der Waals surface area contributed by atoms with Gasteiger partial charge in [0.25, 0.3) is 0 Å². The Morgan fingerprint density at radius 1 is 1.14 bits per heavy atom. The third-order valence-electron chi connectivity index (χ3n) is 5.55. The lowest BCUT2D eigenvalue weighted by atomic mass is 9.97. The number of rotatable bonds is 7. The van der Waals surface area contributed by atoms with Crippen molar-refractivity contribution < 1.29 is 9.53 Å². The van der Waals surface area contributed by atoms with Crippen molar-refractivity contribution in [3.8, 4) is 5.75 Å². The van der Waals surface area contributed by atoms with Gasteiger partial charge in [-0.15, -0.1) is 0 Å². The van der Waals surface area contributed by atoms with E-state index in [9.17, 15) is 4.79 Å². The van der Waals surface area contributed by atoms with Crippen LogP contribution in [-0.2, 0) is 24.2 Å². The fourth-order valence-corrected chi connectivity index (χ4v) is 4.61. The van der Waals surface area contributed by atoms with Crippen LogP contribution in [0.25, 0.3) is 0 Å². The van der Waals surface area contributed by atoms with Gasteiger partial charge in [0.1, 0.15) is 5.75 Å². The molecule has 0 saturated carbocycles. The van der Waals surface area contributed by atoms with Crippen LogP contribution in [0.2, 0.25) is 0 Å². The fourth-order valence-electron chi connectivity index (χ4n) is 3.91. The molecule has 0 bridgehead atoms. The first kappa shape index (κ1) is 19.7. The van der Waals surface area contributed by atoms with Crippen LogP contribution in [0.4, 0.5) is 0 Å². The number of benzene rings is 2. The van der Waals surface area contributed by atoms with E-state index in [1.165, 1.54) is 16.7 Å². The van der Waals surface area contributed by atoms with Crippen LogP contribution in [0.15, 0.2) is 65.4 Å². The second-order valence-electron chi connectivity index (χ2n) is 7.39. The molecular formula is C24H26N2O2S. The predicted octanol–water partition coefficient (Wildman–Crippen LogP) is 4.22. The van der Waals surface area contributed by atoms with Gasteiger partial charge in [-0.1, -0.05) is 36.4 Å². The van der Waals surface area contributed by atoms with Crippen LogP contribution in [0.1, 0.15) is 28.3 Å². The van der Waals surface area contributed by atoms with Crippen LogP contribution >= 0.6 is 11.3 Å². The Kier molecular flexibility index (Phi) is 6.27. The number of thiophene rings is 1. The molecule has 1 atom stereocenters. The number of nitrogens with one attached hydrogen (secondary N) is 1. The highest BCUT2D eigenvalue weighted by atomic mass is 32.1. The molecule has 2 heterocycles. The average molecular weight is 407 g/mol. The molecule has 0 fully saturated rings. The number of amides is 1. The van der Waals surface area contributed by atoms with Crippen molar-refractivity contribution in [2.75, 3.05) is 20.2 Å². The van der Waals surface area contributed by atoms with Gasteiger partial charge in [0.05, 0.1) is 19.6 Å². The molecule has 1 aromatic heterocycles. The van der Waals surface area contributed by atoms with Gasteiger partial charge in [-0.05, 0) is 57.6 Å². The van der Waals surface area contributed by atoms with E-state index in [0.29, 0.717) is 13.0 Å². The molecule has 5 heteroatoms. The van der Waals surface area contributed by atoms with Gasteiger partial charge < -0.3 is 10.1 Å². The average Bonchev–Trinajstić information content (AvgIpc) is 3.29. The lowest BCUT2D eigenvalue weighted by molar-refractivity contribution is -0.120. The number of hydrogen-bond donors (Lipinski definition) is 1. The van der Waals surface area contributed by atoms with Gasteiger partial charge in [0.15, 0.2) is 0 Å². The van der Waals surface area contributed by atoms with Crippen LogP contribution in [0, 0.1) is 0 Å². The fraction of sp³-hybridized carbons (Fsp3) is 0.292. The van der Waals surface area contributed by atoms with Gasteiger partial charge in [-0.25, -0.2) is 0 Å². The summed E-state index contributed by atoms with van der Waals surface area (Å²) >= 11 is 1.71. The van der Waals surface area contributed by atoms with E-state index in [1.54, 1.807) is 18.4 Å². The first-order valence-corrected chi connectivity index (χ1v) is 10.9. The summed E-state index contributed by atoms with van der Waals surface area (Å²) < 4.78 is 5.18. The molecule has 0 saturated heterocycles. The molecule has 1 aliphatic rings. The molecule has 4 nitrogen and oxygen atoms in total. The minimum absolute atomic E-state index is 0.0489. The zero-order valence-corrected chi connectivity index (χ0v) is 17.5. The minimum Gasteiger partial charge on any atom is -0.497 e. The predicted molar refractivity (Wildman–Crippen MR) is 117 cm³/mol. The third kappa shape index (κ3) is 4.86. The van der Waals surface area contributed by atoms with Gasteiger partial charge in [0, 0.05) is 19.6 Å². The molecule has 1 N–H and O–H groups in total. The smallest absolute Gasteiger partial charge is 0.224 e. The molecule has 0 aliphatic carbocycles. The summed E-state index contributed by atoms with van der Waals surface area (Å²) in [6.45, 7) is 2.55. The van der Waals surface area contributed by atoms with Crippen molar-refractivity contribution in [3.05, 3.63) is 87.6 Å². The van der Waals surface area contributed by atoms with Crippen LogP contribution < -0.4 is 10.1 Å². The SMILES string of the molecule is COc1ccc(CC(=O)NCC(c2ccsc2)N2CCc3ccccc3C2)cc1. The van der Waals surface area contributed by atoms with Crippen LogP contribution in [0.5, 0.6) is 5.75 Å². The molecular weight excluding hydrogens is 380 g/mol. The van der Waals surface area contributed by atoms with E-state index >= 15 is 0 Å². The number of methoxy groups -OCH3 is 1. The molecule has 3 aromatic rings. The topological polar surface area (TPSA) is 41.6 Å². The van der Waals surface area contributed by atoms with Gasteiger partial charge in [0.2, 0.25) is 5.91 Å². The number of carbonyl (C=O) groups is 1. The van der Waals surface area contributed by atoms with Gasteiger partial charge in [-0.2, -0.15) is 11.3 Å². The second-order valence-corrected chi connectivity index (χ2v) is 8.17. The second kappa shape index (κ2) is 9.25. The van der Waals surface area contributed by atoms with E-state index in [-0.39, 0.29) is 11.9 Å². The number of nitrogens with zero attached hydrogens (tertiary/aromatic N) is 1. The normalized spacial score (nSPS) is 14.8. The maximum Gasteiger partial charge on any atom is 0.224 e. The first-order chi connectivity index (χ1) is 14.2. The van der Waals surface area contributed by atoms with E-state index in [2.05, 4.69) is 51.3 Å². The van der Waals surface area contributed by atoms with E-state index in [4.69, 9.17) is 4.74 Å². The quantitative estimate of drug-likeness (QED) is 0.639. The number of hydrogen-bond acceptors (Lipinski definition) is 4. The van der Waals surface area contributed by atoms with E-state index in [1.807, 2.05) is 24.3 Å². The Labute approximate surface area is 176 Å². The Morgan fingerprint density at radius 2 is 1.93 bits per heavy atom. The van der Waals surface area contributed by atoms with Gasteiger partial charge in [-0.3, -0.25) is 9.69 Å². The Morgan fingerprint density at radius 3 is 2.66 bits per heavy atom. The third-order valence-corrected chi connectivity index (χ3v) is 6.25. The van der Waals surface area contributed by atoms with Crippen molar-refractivity contribution >= 4 is 17.2 Å². The summed E-state index contributed by atoms with van der Waals surface area (Å²) in [7, 11) is 1.64. The number of carbonyl (C=O) groups excluding carboxylic acids is 1. The maximum absolute atomic E-state index is 12.6. The summed E-state index contributed by atoms with van der Waals surface area (Å²) in [4.78, 5) is 15.0. The highest BCUT2D eigenvalue weighted by molar-refractivity contribution is 7.07. The van der Waals surface area contributed by atoms with Crippen molar-refractivity contribution in [2.45, 2.75) is 25.4 Å². The summed E-state index contributed by atoms with van der Waals surface area (Å²) in [5, 5.41) is 7.47. The first-order valence-electron chi connectivity index (χ1n) is 9.95. The Bertz CT molecular complexity index is 938. The van der Waals surface area contributed by atoms with Crippen LogP contribution in [0.3, 0.4) is 0 Å². The molecule has 2 aromatic carbocycles. The van der Waals surface area contributed by atoms with Gasteiger partial charge >= 0.3 is 0 Å². The summed E-state index contributed by atoms with van der Waals surface area (Å²) in [5.41, 5.74) is 5.10. The molecule has 0 spiro atoms. The molecule has 29 heavy (non-hydrogen) atoms. The van der Waals surface area contributed by atoms with E-state index < -0.39 is 0 Å². The monoisotopic (exact) mass is 406 g/mol. The van der Waals surface area contributed by atoms with Crippen LogP contribution in [-0.4, -0.2) is 31.0 Å². The van der Waals surface area contributed by atoms with Crippen molar-refractivity contribution in [1.82, 2.24) is 10.2 Å². The molecule has 1 unspecified atom stereocenters. The van der Waals surface area contributed by atoms with Crippen molar-refractivity contribution in [1.29, 1.82) is 0 Å². The minimum atomic E-state index is 0.0489. The highest BCUT2D eigenvalue weighted by Gasteiger charge is 2.25. The molecule has 0 radical (unpaired) electrons. The number of ether oxygens (including phenoxy) is 1. The molecule has 1 aliphatic heterocycles. The lowest BCUT2D eigenvalue weighted by Gasteiger charge is -2.35. The summed E-state index contributed by atoms with van der Waals surface area (Å²) in [6.07, 6.45) is 1.43. The zero-order valence-electron chi connectivity index (χ0n) is 16.6. The maximum atomic E-state index is 12.6. The highest BCUT2D eigenvalue weighted by Crippen LogP contribution is 2.28. The summed E-state index contributed by atoms with van der Waals surface area (Å²) in [6, 6.07) is 18.7. The van der Waals surface area contributed by atoms with E-state index in [0.717, 1.165) is 30.8 Å².